The van der Waals surface area contributed by atoms with Gasteiger partial charge in [0.1, 0.15) is 0 Å². The highest BCUT2D eigenvalue weighted by Gasteiger charge is 2.28. The Morgan fingerprint density at radius 2 is 2.00 bits per heavy atom. The largest absolute Gasteiger partial charge is 0.336 e. The van der Waals surface area contributed by atoms with Crippen LogP contribution in [0.25, 0.3) is 0 Å². The highest BCUT2D eigenvalue weighted by molar-refractivity contribution is 7.89. The van der Waals surface area contributed by atoms with Crippen LogP contribution in [-0.2, 0) is 10.0 Å². The molecule has 1 amide bonds. The Labute approximate surface area is 145 Å². The van der Waals surface area contributed by atoms with Gasteiger partial charge in [-0.05, 0) is 64.7 Å². The molecule has 0 saturated carbocycles. The minimum absolute atomic E-state index is 0.0747. The summed E-state index contributed by atoms with van der Waals surface area (Å²) < 4.78 is 27.6. The summed E-state index contributed by atoms with van der Waals surface area (Å²) in [5, 5.41) is 0. The number of amides is 1. The predicted molar refractivity (Wildman–Crippen MR) is 95.5 cm³/mol. The summed E-state index contributed by atoms with van der Waals surface area (Å²) in [6, 6.07) is 6.59. The van der Waals surface area contributed by atoms with Crippen molar-refractivity contribution in [1.82, 2.24) is 9.62 Å². The van der Waals surface area contributed by atoms with Gasteiger partial charge < -0.3 is 4.90 Å². The van der Waals surface area contributed by atoms with Gasteiger partial charge in [-0.15, -0.1) is 0 Å². The van der Waals surface area contributed by atoms with Gasteiger partial charge in [0.05, 0.1) is 4.90 Å². The quantitative estimate of drug-likeness (QED) is 0.905. The summed E-state index contributed by atoms with van der Waals surface area (Å²) in [6.45, 7) is 8.20. The molecule has 0 aromatic heterocycles. The zero-order valence-electron chi connectivity index (χ0n) is 15.0. The minimum Gasteiger partial charge on any atom is -0.336 e. The first-order valence-electron chi connectivity index (χ1n) is 8.59. The van der Waals surface area contributed by atoms with Crippen molar-refractivity contribution in [3.8, 4) is 0 Å². The van der Waals surface area contributed by atoms with Gasteiger partial charge in [0.2, 0.25) is 10.0 Å². The summed E-state index contributed by atoms with van der Waals surface area (Å²) >= 11 is 0. The van der Waals surface area contributed by atoms with E-state index in [1.165, 1.54) is 12.1 Å². The molecular formula is C18H28N2O3S. The number of carbonyl (C=O) groups excluding carboxylic acids is 1. The summed E-state index contributed by atoms with van der Waals surface area (Å²) in [6.07, 6.45) is 4.10. The molecule has 1 atom stereocenters. The van der Waals surface area contributed by atoms with Crippen molar-refractivity contribution < 1.29 is 13.2 Å². The van der Waals surface area contributed by atoms with Crippen LogP contribution in [0.4, 0.5) is 0 Å². The van der Waals surface area contributed by atoms with E-state index in [-0.39, 0.29) is 16.8 Å². The Kier molecular flexibility index (Phi) is 5.71. The number of hydrogen-bond donors (Lipinski definition) is 1. The highest BCUT2D eigenvalue weighted by Crippen LogP contribution is 2.23. The van der Waals surface area contributed by atoms with Crippen molar-refractivity contribution in [2.45, 2.75) is 69.9 Å². The number of hydrogen-bond acceptors (Lipinski definition) is 3. The van der Waals surface area contributed by atoms with Crippen LogP contribution in [0.3, 0.4) is 0 Å². The molecule has 1 aliphatic rings. The van der Waals surface area contributed by atoms with Crippen molar-refractivity contribution in [2.75, 3.05) is 6.54 Å². The standard InChI is InChI=1S/C18H28N2O3S/c1-5-15-10-6-7-12-20(15)17(21)14-9-8-11-16(13-14)24(22,23)19-18(2,3)4/h8-9,11,13,15,19H,5-7,10,12H2,1-4H3. The predicted octanol–water partition coefficient (Wildman–Crippen LogP) is 3.17. The Bertz CT molecular complexity index is 692. The molecule has 0 bridgehead atoms. The third-order valence-electron chi connectivity index (χ3n) is 4.19. The lowest BCUT2D eigenvalue weighted by Gasteiger charge is -2.35. The molecule has 134 valence electrons. The van der Waals surface area contributed by atoms with Crippen LogP contribution in [0.5, 0.6) is 0 Å². The molecule has 0 aliphatic carbocycles. The lowest BCUT2D eigenvalue weighted by Crippen LogP contribution is -2.43. The third-order valence-corrected chi connectivity index (χ3v) is 5.95. The van der Waals surface area contributed by atoms with Crippen LogP contribution < -0.4 is 4.72 Å². The summed E-state index contributed by atoms with van der Waals surface area (Å²) in [5.41, 5.74) is -0.133. The lowest BCUT2D eigenvalue weighted by atomic mass is 9.99. The molecule has 2 rings (SSSR count). The fourth-order valence-electron chi connectivity index (χ4n) is 3.12. The van der Waals surface area contributed by atoms with E-state index >= 15 is 0 Å². The van der Waals surface area contributed by atoms with Crippen molar-refractivity contribution in [1.29, 1.82) is 0 Å². The van der Waals surface area contributed by atoms with Crippen LogP contribution in [0.2, 0.25) is 0 Å². The molecule has 1 aromatic rings. The van der Waals surface area contributed by atoms with E-state index in [0.717, 1.165) is 32.2 Å². The second-order valence-corrected chi connectivity index (χ2v) is 9.12. The monoisotopic (exact) mass is 352 g/mol. The van der Waals surface area contributed by atoms with Gasteiger partial charge in [-0.3, -0.25) is 4.79 Å². The zero-order chi connectivity index (χ0) is 18.0. The van der Waals surface area contributed by atoms with E-state index in [2.05, 4.69) is 11.6 Å². The van der Waals surface area contributed by atoms with Crippen molar-refractivity contribution >= 4 is 15.9 Å². The Morgan fingerprint density at radius 1 is 1.29 bits per heavy atom. The maximum absolute atomic E-state index is 12.8. The van der Waals surface area contributed by atoms with Crippen molar-refractivity contribution in [3.63, 3.8) is 0 Å². The molecule has 5 nitrogen and oxygen atoms in total. The number of nitrogens with zero attached hydrogens (tertiary/aromatic N) is 1. The number of rotatable bonds is 4. The maximum Gasteiger partial charge on any atom is 0.254 e. The summed E-state index contributed by atoms with van der Waals surface area (Å²) in [5.74, 6) is -0.0747. The zero-order valence-corrected chi connectivity index (χ0v) is 15.8. The molecule has 0 radical (unpaired) electrons. The molecule has 1 saturated heterocycles. The molecule has 1 aromatic carbocycles. The molecule has 1 unspecified atom stereocenters. The first kappa shape index (κ1) is 18.9. The Morgan fingerprint density at radius 3 is 2.62 bits per heavy atom. The van der Waals surface area contributed by atoms with E-state index in [1.807, 2.05) is 4.90 Å². The maximum atomic E-state index is 12.8. The lowest BCUT2D eigenvalue weighted by molar-refractivity contribution is 0.0608. The number of piperidine rings is 1. The molecular weight excluding hydrogens is 324 g/mol. The molecule has 1 N–H and O–H groups in total. The van der Waals surface area contributed by atoms with Crippen LogP contribution in [0.1, 0.15) is 63.7 Å². The average molecular weight is 353 g/mol. The van der Waals surface area contributed by atoms with E-state index in [1.54, 1.807) is 32.9 Å². The number of nitrogens with one attached hydrogen (secondary N) is 1. The van der Waals surface area contributed by atoms with E-state index in [0.29, 0.717) is 5.56 Å². The molecule has 24 heavy (non-hydrogen) atoms. The third kappa shape index (κ3) is 4.57. The smallest absolute Gasteiger partial charge is 0.254 e. The average Bonchev–Trinajstić information content (AvgIpc) is 2.52. The second kappa shape index (κ2) is 7.23. The van der Waals surface area contributed by atoms with Gasteiger partial charge in [-0.25, -0.2) is 13.1 Å². The van der Waals surface area contributed by atoms with Crippen molar-refractivity contribution in [3.05, 3.63) is 29.8 Å². The van der Waals surface area contributed by atoms with Gasteiger partial charge in [0.25, 0.3) is 5.91 Å². The fraction of sp³-hybridized carbons (Fsp3) is 0.611. The van der Waals surface area contributed by atoms with Crippen molar-refractivity contribution in [2.24, 2.45) is 0 Å². The van der Waals surface area contributed by atoms with Gasteiger partial charge >= 0.3 is 0 Å². The highest BCUT2D eigenvalue weighted by atomic mass is 32.2. The van der Waals surface area contributed by atoms with E-state index in [4.69, 9.17) is 0 Å². The number of carbonyl (C=O) groups is 1. The van der Waals surface area contributed by atoms with Crippen LogP contribution in [0, 0.1) is 0 Å². The number of sulfonamides is 1. The van der Waals surface area contributed by atoms with Gasteiger partial charge in [-0.1, -0.05) is 13.0 Å². The van der Waals surface area contributed by atoms with Crippen LogP contribution in [0.15, 0.2) is 29.2 Å². The Hall–Kier alpha value is -1.40. The summed E-state index contributed by atoms with van der Waals surface area (Å²) in [7, 11) is -3.64. The number of likely N-dealkylation sites (tertiary alicyclic amines) is 1. The van der Waals surface area contributed by atoms with E-state index < -0.39 is 15.6 Å². The second-order valence-electron chi connectivity index (χ2n) is 7.44. The van der Waals surface area contributed by atoms with Crippen LogP contribution in [-0.4, -0.2) is 37.4 Å². The molecule has 1 heterocycles. The molecule has 6 heteroatoms. The summed E-state index contributed by atoms with van der Waals surface area (Å²) in [4.78, 5) is 14.9. The normalized spacial score (nSPS) is 19.3. The minimum atomic E-state index is -3.64. The van der Waals surface area contributed by atoms with Crippen LogP contribution >= 0.6 is 0 Å². The van der Waals surface area contributed by atoms with Gasteiger partial charge in [-0.2, -0.15) is 0 Å². The first-order valence-corrected chi connectivity index (χ1v) is 10.1. The molecule has 0 spiro atoms. The van der Waals surface area contributed by atoms with E-state index in [9.17, 15) is 13.2 Å². The number of benzene rings is 1. The SMILES string of the molecule is CCC1CCCCN1C(=O)c1cccc(S(=O)(=O)NC(C)(C)C)c1. The first-order chi connectivity index (χ1) is 11.1. The Balaban J connectivity index is 2.28. The topological polar surface area (TPSA) is 66.5 Å². The van der Waals surface area contributed by atoms with Gasteiger partial charge in [0, 0.05) is 23.7 Å². The molecule has 1 aliphatic heterocycles. The fourth-order valence-corrected chi connectivity index (χ4v) is 4.58. The van der Waals surface area contributed by atoms with Gasteiger partial charge in [0.15, 0.2) is 0 Å². The molecule has 1 fully saturated rings.